The van der Waals surface area contributed by atoms with Crippen molar-refractivity contribution in [2.75, 3.05) is 13.1 Å². The molecule has 134 valence electrons. The fourth-order valence-electron chi connectivity index (χ4n) is 2.88. The zero-order chi connectivity index (χ0) is 18.1. The van der Waals surface area contributed by atoms with Gasteiger partial charge in [0, 0.05) is 56.1 Å². The molecule has 3 rings (SSSR count). The minimum absolute atomic E-state index is 0.0332. The number of nitrogens with one attached hydrogen (secondary N) is 2. The molecule has 0 radical (unpaired) electrons. The van der Waals surface area contributed by atoms with Crippen molar-refractivity contribution in [3.8, 4) is 0 Å². The van der Waals surface area contributed by atoms with Gasteiger partial charge in [-0.2, -0.15) is 0 Å². The minimum Gasteiger partial charge on any atom is -0.347 e. The zero-order valence-electron chi connectivity index (χ0n) is 13.8. The molecule has 2 aromatic rings. The van der Waals surface area contributed by atoms with Gasteiger partial charge in [-0.05, 0) is 24.6 Å². The maximum Gasteiger partial charge on any atom is 0.268 e. The van der Waals surface area contributed by atoms with Crippen LogP contribution in [0.1, 0.15) is 23.8 Å². The number of amides is 2. The third-order valence-corrected chi connectivity index (χ3v) is 5.94. The summed E-state index contributed by atoms with van der Waals surface area (Å²) in [6.45, 7) is 2.94. The molecule has 0 spiro atoms. The predicted octanol–water partition coefficient (Wildman–Crippen LogP) is 2.99. The smallest absolute Gasteiger partial charge is 0.268 e. The van der Waals surface area contributed by atoms with Gasteiger partial charge in [-0.3, -0.25) is 14.3 Å². The van der Waals surface area contributed by atoms with Crippen LogP contribution >= 0.6 is 35.3 Å². The first kappa shape index (κ1) is 18.4. The van der Waals surface area contributed by atoms with E-state index in [9.17, 15) is 9.59 Å². The van der Waals surface area contributed by atoms with Crippen LogP contribution in [0.5, 0.6) is 0 Å². The molecule has 1 saturated heterocycles. The Labute approximate surface area is 160 Å². The Balaban J connectivity index is 1.70. The summed E-state index contributed by atoms with van der Waals surface area (Å²) in [5.74, 6) is -0.245. The molecule has 1 fully saturated rings. The van der Waals surface area contributed by atoms with Crippen LogP contribution in [0.25, 0.3) is 10.9 Å². The van der Waals surface area contributed by atoms with E-state index in [1.165, 1.54) is 19.1 Å². The van der Waals surface area contributed by atoms with E-state index in [2.05, 4.69) is 10.0 Å². The first-order chi connectivity index (χ1) is 11.9. The van der Waals surface area contributed by atoms with Gasteiger partial charge in [0.25, 0.3) is 5.91 Å². The number of fused-ring (bicyclic) bond motifs is 1. The lowest BCUT2D eigenvalue weighted by Crippen LogP contribution is -2.37. The van der Waals surface area contributed by atoms with Gasteiger partial charge in [0.2, 0.25) is 5.91 Å². The van der Waals surface area contributed by atoms with Gasteiger partial charge in [-0.15, -0.1) is 0 Å². The number of aromatic nitrogens is 1. The van der Waals surface area contributed by atoms with Gasteiger partial charge in [0.15, 0.2) is 0 Å². The molecule has 6 nitrogen and oxygen atoms in total. The van der Waals surface area contributed by atoms with Crippen molar-refractivity contribution in [3.05, 3.63) is 33.9 Å². The normalized spacial score (nSPS) is 17.8. The molecule has 25 heavy (non-hydrogen) atoms. The number of benzene rings is 1. The molecule has 0 saturated carbocycles. The van der Waals surface area contributed by atoms with Gasteiger partial charge in [-0.25, -0.2) is 4.31 Å². The van der Waals surface area contributed by atoms with Crippen molar-refractivity contribution >= 4 is 58.1 Å². The number of nitrogens with zero attached hydrogens (tertiary/aromatic N) is 2. The highest BCUT2D eigenvalue weighted by Crippen LogP contribution is 2.32. The summed E-state index contributed by atoms with van der Waals surface area (Å²) in [4.78, 5) is 23.6. The van der Waals surface area contributed by atoms with Crippen molar-refractivity contribution in [1.82, 2.24) is 18.9 Å². The van der Waals surface area contributed by atoms with Crippen LogP contribution < -0.4 is 10.0 Å². The summed E-state index contributed by atoms with van der Waals surface area (Å²) in [5.41, 5.74) is 1.39. The molecule has 2 amide bonds. The fourth-order valence-corrected chi connectivity index (χ4v) is 3.97. The predicted molar refractivity (Wildman–Crippen MR) is 102 cm³/mol. The van der Waals surface area contributed by atoms with E-state index in [1.54, 1.807) is 12.1 Å². The van der Waals surface area contributed by atoms with E-state index in [-0.39, 0.29) is 17.9 Å². The second kappa shape index (κ2) is 7.45. The quantitative estimate of drug-likeness (QED) is 0.774. The lowest BCUT2D eigenvalue weighted by molar-refractivity contribution is -0.117. The molecule has 0 aliphatic carbocycles. The number of rotatable bonds is 4. The lowest BCUT2D eigenvalue weighted by Gasteiger charge is -2.15. The maximum absolute atomic E-state index is 12.7. The molecule has 0 bridgehead atoms. The average Bonchev–Trinajstić information content (AvgIpc) is 3.14. The summed E-state index contributed by atoms with van der Waals surface area (Å²) in [7, 11) is 1.83. The zero-order valence-corrected chi connectivity index (χ0v) is 16.1. The summed E-state index contributed by atoms with van der Waals surface area (Å²) < 4.78 is 6.52. The van der Waals surface area contributed by atoms with Gasteiger partial charge in [0.1, 0.15) is 5.69 Å². The number of aryl methyl sites for hydroxylation is 1. The van der Waals surface area contributed by atoms with Crippen molar-refractivity contribution in [2.45, 2.75) is 19.4 Å². The molecule has 1 aliphatic heterocycles. The number of hydrogen-bond acceptors (Lipinski definition) is 4. The van der Waals surface area contributed by atoms with Crippen molar-refractivity contribution in [2.24, 2.45) is 7.05 Å². The van der Waals surface area contributed by atoms with E-state index in [4.69, 9.17) is 23.2 Å². The molecular weight excluding hydrogens is 383 g/mol. The Hall–Kier alpha value is -1.41. The van der Waals surface area contributed by atoms with Crippen LogP contribution in [0.4, 0.5) is 0 Å². The first-order valence-corrected chi connectivity index (χ1v) is 9.32. The van der Waals surface area contributed by atoms with Crippen LogP contribution in [0, 0.1) is 0 Å². The summed E-state index contributed by atoms with van der Waals surface area (Å²) in [5, 5.41) is 4.72. The van der Waals surface area contributed by atoms with Gasteiger partial charge >= 0.3 is 0 Å². The average molecular weight is 401 g/mol. The first-order valence-electron chi connectivity index (χ1n) is 7.79. The Morgan fingerprint density at radius 2 is 2.08 bits per heavy atom. The molecule has 1 aromatic carbocycles. The van der Waals surface area contributed by atoms with E-state index >= 15 is 0 Å². The minimum atomic E-state index is -0.151. The topological polar surface area (TPSA) is 66.4 Å². The van der Waals surface area contributed by atoms with E-state index < -0.39 is 0 Å². The van der Waals surface area contributed by atoms with E-state index in [0.29, 0.717) is 22.3 Å². The maximum atomic E-state index is 12.7. The number of halogens is 2. The number of carbonyl (C=O) groups is 2. The largest absolute Gasteiger partial charge is 0.347 e. The molecule has 9 heteroatoms. The molecule has 2 N–H and O–H groups in total. The Morgan fingerprint density at radius 1 is 1.32 bits per heavy atom. The summed E-state index contributed by atoms with van der Waals surface area (Å²) >= 11 is 13.6. The van der Waals surface area contributed by atoms with Crippen LogP contribution in [0.3, 0.4) is 0 Å². The standard InChI is InChI=1S/C16H18Cl2N4O2S/c1-9(23)20-25-22-6-5-10(8-22)19-16(24)14-7-11-13(21(14)2)4-3-12(17)15(11)18/h3-4,7,10H,5-6,8H2,1-2H3,(H,19,24)(H,20,23). The van der Waals surface area contributed by atoms with E-state index in [0.717, 1.165) is 23.9 Å². The third-order valence-electron chi connectivity index (χ3n) is 4.15. The second-order valence-corrected chi connectivity index (χ2v) is 7.67. The fraction of sp³-hybridized carbons (Fsp3) is 0.375. The SMILES string of the molecule is CC(=O)NSN1CCC(NC(=O)c2cc3c(Cl)c(Cl)ccc3n2C)C1. The highest BCUT2D eigenvalue weighted by atomic mass is 35.5. The van der Waals surface area contributed by atoms with Crippen molar-refractivity contribution in [3.63, 3.8) is 0 Å². The second-order valence-electron chi connectivity index (χ2n) is 5.98. The van der Waals surface area contributed by atoms with Crippen LogP contribution in [0.2, 0.25) is 10.0 Å². The van der Waals surface area contributed by atoms with Crippen LogP contribution in [-0.2, 0) is 11.8 Å². The molecule has 1 unspecified atom stereocenters. The molecule has 1 atom stereocenters. The molecule has 2 heterocycles. The Morgan fingerprint density at radius 3 is 2.80 bits per heavy atom. The van der Waals surface area contributed by atoms with Gasteiger partial charge in [-0.1, -0.05) is 23.2 Å². The number of hydrogen-bond donors (Lipinski definition) is 2. The Kier molecular flexibility index (Phi) is 5.48. The molecule has 1 aromatic heterocycles. The molecule has 1 aliphatic rings. The highest BCUT2D eigenvalue weighted by Gasteiger charge is 2.26. The Bertz CT molecular complexity index is 839. The van der Waals surface area contributed by atoms with Crippen molar-refractivity contribution < 1.29 is 9.59 Å². The van der Waals surface area contributed by atoms with Crippen LogP contribution in [-0.4, -0.2) is 39.8 Å². The van der Waals surface area contributed by atoms with E-state index in [1.807, 2.05) is 22.0 Å². The van der Waals surface area contributed by atoms with Gasteiger partial charge < -0.3 is 9.88 Å². The molecular formula is C16H18Cl2N4O2S. The summed E-state index contributed by atoms with van der Waals surface area (Å²) in [6, 6.07) is 5.37. The van der Waals surface area contributed by atoms with Crippen molar-refractivity contribution in [1.29, 1.82) is 0 Å². The van der Waals surface area contributed by atoms with Crippen LogP contribution in [0.15, 0.2) is 18.2 Å². The summed E-state index contributed by atoms with van der Waals surface area (Å²) in [6.07, 6.45) is 0.828. The lowest BCUT2D eigenvalue weighted by atomic mass is 10.2. The number of carbonyl (C=O) groups excluding carboxylic acids is 2. The third kappa shape index (κ3) is 3.89. The highest BCUT2D eigenvalue weighted by molar-refractivity contribution is 7.95. The monoisotopic (exact) mass is 400 g/mol. The van der Waals surface area contributed by atoms with Gasteiger partial charge in [0.05, 0.1) is 10.0 Å².